The SMILES string of the molecule is Cc1cccn2cc(COc3cccc(C(=O)NC(C)c4ccc(F)c(F)c4)c3)nc12. The van der Waals surface area contributed by atoms with E-state index in [1.807, 2.05) is 35.9 Å². The zero-order valence-corrected chi connectivity index (χ0v) is 17.1. The molecule has 0 bridgehead atoms. The second-order valence-electron chi connectivity index (χ2n) is 7.34. The molecule has 4 rings (SSSR count). The molecule has 0 fully saturated rings. The molecule has 2 heterocycles. The molecule has 2 aromatic carbocycles. The Kier molecular flexibility index (Phi) is 5.66. The highest BCUT2D eigenvalue weighted by atomic mass is 19.2. The van der Waals surface area contributed by atoms with Gasteiger partial charge in [-0.25, -0.2) is 13.8 Å². The van der Waals surface area contributed by atoms with E-state index in [4.69, 9.17) is 4.74 Å². The van der Waals surface area contributed by atoms with Gasteiger partial charge in [0.1, 0.15) is 18.0 Å². The molecular formula is C24H21F2N3O2. The highest BCUT2D eigenvalue weighted by Crippen LogP contribution is 2.19. The number of aromatic nitrogens is 2. The Morgan fingerprint density at radius 1 is 1.13 bits per heavy atom. The first-order chi connectivity index (χ1) is 14.9. The number of pyridine rings is 1. The van der Waals surface area contributed by atoms with Crippen molar-refractivity contribution in [1.82, 2.24) is 14.7 Å². The average molecular weight is 421 g/mol. The first-order valence-electron chi connectivity index (χ1n) is 9.82. The Balaban J connectivity index is 1.42. The Hall–Kier alpha value is -3.74. The fourth-order valence-corrected chi connectivity index (χ4v) is 3.30. The molecule has 1 atom stereocenters. The summed E-state index contributed by atoms with van der Waals surface area (Å²) < 4.78 is 34.3. The predicted octanol–water partition coefficient (Wildman–Crippen LogP) is 4.99. The number of carbonyl (C=O) groups excluding carboxylic acids is 1. The lowest BCUT2D eigenvalue weighted by Gasteiger charge is -2.15. The van der Waals surface area contributed by atoms with E-state index in [9.17, 15) is 13.6 Å². The minimum absolute atomic E-state index is 0.261. The topological polar surface area (TPSA) is 55.6 Å². The van der Waals surface area contributed by atoms with E-state index in [1.54, 1.807) is 31.2 Å². The molecule has 0 aliphatic heterocycles. The lowest BCUT2D eigenvalue weighted by Crippen LogP contribution is -2.26. The molecule has 1 N–H and O–H groups in total. The Morgan fingerprint density at radius 3 is 2.74 bits per heavy atom. The van der Waals surface area contributed by atoms with Gasteiger partial charge in [0, 0.05) is 18.0 Å². The molecule has 7 heteroatoms. The van der Waals surface area contributed by atoms with Crippen molar-refractivity contribution < 1.29 is 18.3 Å². The highest BCUT2D eigenvalue weighted by Gasteiger charge is 2.14. The number of nitrogens with one attached hydrogen (secondary N) is 1. The predicted molar refractivity (Wildman–Crippen MR) is 113 cm³/mol. The number of ether oxygens (including phenoxy) is 1. The largest absolute Gasteiger partial charge is 0.487 e. The minimum Gasteiger partial charge on any atom is -0.487 e. The zero-order valence-electron chi connectivity index (χ0n) is 17.1. The van der Waals surface area contributed by atoms with E-state index in [1.165, 1.54) is 6.07 Å². The van der Waals surface area contributed by atoms with Gasteiger partial charge in [-0.3, -0.25) is 4.79 Å². The summed E-state index contributed by atoms with van der Waals surface area (Å²) in [4.78, 5) is 17.2. The van der Waals surface area contributed by atoms with E-state index in [0.717, 1.165) is 29.0 Å². The van der Waals surface area contributed by atoms with E-state index in [0.29, 0.717) is 16.9 Å². The number of carbonyl (C=O) groups is 1. The fraction of sp³-hybridized carbons (Fsp3) is 0.167. The van der Waals surface area contributed by atoms with Gasteiger partial charge >= 0.3 is 0 Å². The second-order valence-corrected chi connectivity index (χ2v) is 7.34. The van der Waals surface area contributed by atoms with Crippen LogP contribution in [0.3, 0.4) is 0 Å². The van der Waals surface area contributed by atoms with E-state index >= 15 is 0 Å². The average Bonchev–Trinajstić information content (AvgIpc) is 3.19. The van der Waals surface area contributed by atoms with Gasteiger partial charge in [-0.2, -0.15) is 0 Å². The molecule has 158 valence electrons. The van der Waals surface area contributed by atoms with Crippen LogP contribution >= 0.6 is 0 Å². The standard InChI is InChI=1S/C24H21F2N3O2/c1-15-5-4-10-29-13-19(28-23(15)29)14-31-20-7-3-6-18(11-20)24(30)27-16(2)17-8-9-21(25)22(26)12-17/h3-13,16H,14H2,1-2H3,(H,27,30). The van der Waals surface area contributed by atoms with Gasteiger partial charge in [0.2, 0.25) is 0 Å². The van der Waals surface area contributed by atoms with E-state index in [-0.39, 0.29) is 12.5 Å². The van der Waals surface area contributed by atoms with Gasteiger partial charge in [-0.15, -0.1) is 0 Å². The molecular weight excluding hydrogens is 400 g/mol. The van der Waals surface area contributed by atoms with Crippen molar-refractivity contribution in [1.29, 1.82) is 0 Å². The molecule has 4 aromatic rings. The lowest BCUT2D eigenvalue weighted by molar-refractivity contribution is 0.0939. The summed E-state index contributed by atoms with van der Waals surface area (Å²) in [5.74, 6) is -1.68. The molecule has 2 aromatic heterocycles. The van der Waals surface area contributed by atoms with Gasteiger partial charge in [0.05, 0.1) is 11.7 Å². The smallest absolute Gasteiger partial charge is 0.251 e. The van der Waals surface area contributed by atoms with Crippen molar-refractivity contribution in [2.75, 3.05) is 0 Å². The summed E-state index contributed by atoms with van der Waals surface area (Å²) in [6, 6.07) is 13.8. The number of aryl methyl sites for hydroxylation is 1. The van der Waals surface area contributed by atoms with Crippen LogP contribution in [0.1, 0.15) is 40.1 Å². The normalized spacial score (nSPS) is 12.0. The summed E-state index contributed by atoms with van der Waals surface area (Å²) in [6.45, 7) is 3.96. The third-order valence-electron chi connectivity index (χ3n) is 5.00. The summed E-state index contributed by atoms with van der Waals surface area (Å²) >= 11 is 0. The molecule has 0 spiro atoms. The number of imidazole rings is 1. The van der Waals surface area contributed by atoms with E-state index in [2.05, 4.69) is 10.3 Å². The second kappa shape index (κ2) is 8.55. The van der Waals surface area contributed by atoms with Crippen molar-refractivity contribution in [3.63, 3.8) is 0 Å². The van der Waals surface area contributed by atoms with Gasteiger partial charge < -0.3 is 14.5 Å². The number of hydrogen-bond acceptors (Lipinski definition) is 3. The van der Waals surface area contributed by atoms with Crippen LogP contribution < -0.4 is 10.1 Å². The molecule has 31 heavy (non-hydrogen) atoms. The quantitative estimate of drug-likeness (QED) is 0.477. The van der Waals surface area contributed by atoms with Crippen LogP contribution in [-0.2, 0) is 6.61 Å². The first kappa shape index (κ1) is 20.5. The number of halogens is 2. The minimum atomic E-state index is -0.948. The van der Waals surface area contributed by atoms with Gasteiger partial charge in [-0.05, 0) is 61.4 Å². The number of benzene rings is 2. The number of rotatable bonds is 6. The van der Waals surface area contributed by atoms with Crippen LogP contribution in [0.15, 0.2) is 67.0 Å². The summed E-state index contributed by atoms with van der Waals surface area (Å²) in [6.07, 6.45) is 3.83. The third kappa shape index (κ3) is 4.55. The van der Waals surface area contributed by atoms with Crippen molar-refractivity contribution in [2.24, 2.45) is 0 Å². The summed E-state index contributed by atoms with van der Waals surface area (Å²) in [5.41, 5.74) is 3.60. The van der Waals surface area contributed by atoms with Crippen molar-refractivity contribution in [3.8, 4) is 5.75 Å². The van der Waals surface area contributed by atoms with E-state index < -0.39 is 17.7 Å². The van der Waals surface area contributed by atoms with Gasteiger partial charge in [0.15, 0.2) is 11.6 Å². The van der Waals surface area contributed by atoms with Gasteiger partial charge in [-0.1, -0.05) is 18.2 Å². The molecule has 0 aliphatic rings. The molecule has 5 nitrogen and oxygen atoms in total. The third-order valence-corrected chi connectivity index (χ3v) is 5.00. The Bertz CT molecular complexity index is 1250. The van der Waals surface area contributed by atoms with Crippen LogP contribution in [0.5, 0.6) is 5.75 Å². The van der Waals surface area contributed by atoms with Crippen LogP contribution in [-0.4, -0.2) is 15.3 Å². The van der Waals surface area contributed by atoms with Crippen molar-refractivity contribution in [3.05, 3.63) is 101 Å². The number of nitrogens with zero attached hydrogens (tertiary/aromatic N) is 2. The maximum atomic E-state index is 13.5. The maximum Gasteiger partial charge on any atom is 0.251 e. The van der Waals surface area contributed by atoms with Crippen LogP contribution in [0, 0.1) is 18.6 Å². The number of amides is 1. The maximum absolute atomic E-state index is 13.5. The molecule has 1 amide bonds. The Labute approximate surface area is 178 Å². The van der Waals surface area contributed by atoms with Crippen molar-refractivity contribution in [2.45, 2.75) is 26.5 Å². The van der Waals surface area contributed by atoms with Gasteiger partial charge in [0.25, 0.3) is 5.91 Å². The van der Waals surface area contributed by atoms with Crippen LogP contribution in [0.25, 0.3) is 5.65 Å². The summed E-state index contributed by atoms with van der Waals surface area (Å²) in [7, 11) is 0. The van der Waals surface area contributed by atoms with Crippen LogP contribution in [0.2, 0.25) is 0 Å². The Morgan fingerprint density at radius 2 is 1.97 bits per heavy atom. The fourth-order valence-electron chi connectivity index (χ4n) is 3.30. The van der Waals surface area contributed by atoms with Crippen LogP contribution in [0.4, 0.5) is 8.78 Å². The summed E-state index contributed by atoms with van der Waals surface area (Å²) in [5, 5.41) is 2.78. The molecule has 0 radical (unpaired) electrons. The monoisotopic (exact) mass is 421 g/mol. The van der Waals surface area contributed by atoms with Crippen molar-refractivity contribution >= 4 is 11.6 Å². The number of hydrogen-bond donors (Lipinski definition) is 1. The first-order valence-corrected chi connectivity index (χ1v) is 9.82. The molecule has 0 saturated heterocycles. The zero-order chi connectivity index (χ0) is 22.0. The molecule has 0 saturated carbocycles. The molecule has 1 unspecified atom stereocenters. The molecule has 0 aliphatic carbocycles. The highest BCUT2D eigenvalue weighted by molar-refractivity contribution is 5.94. The number of fused-ring (bicyclic) bond motifs is 1. The lowest BCUT2D eigenvalue weighted by atomic mass is 10.1.